The van der Waals surface area contributed by atoms with Gasteiger partial charge in [-0.3, -0.25) is 9.78 Å². The molecule has 0 saturated heterocycles. The van der Waals surface area contributed by atoms with E-state index in [0.29, 0.717) is 24.1 Å². The molecule has 31 heavy (non-hydrogen) atoms. The predicted octanol–water partition coefficient (Wildman–Crippen LogP) is 5.64. The minimum Gasteiger partial charge on any atom is -0.481 e. The molecule has 0 spiro atoms. The predicted molar refractivity (Wildman–Crippen MR) is 121 cm³/mol. The van der Waals surface area contributed by atoms with Crippen molar-refractivity contribution in [3.05, 3.63) is 66.5 Å². The lowest BCUT2D eigenvalue weighted by atomic mass is 9.77. The van der Waals surface area contributed by atoms with Gasteiger partial charge in [-0.15, -0.1) is 0 Å². The summed E-state index contributed by atoms with van der Waals surface area (Å²) >= 11 is 0. The first kappa shape index (κ1) is 20.8. The minimum absolute atomic E-state index is 0.303. The van der Waals surface area contributed by atoms with Gasteiger partial charge in [0.05, 0.1) is 36.6 Å². The first-order valence-corrected chi connectivity index (χ1v) is 10.7. The van der Waals surface area contributed by atoms with Gasteiger partial charge in [-0.1, -0.05) is 24.3 Å². The number of pyridine rings is 2. The van der Waals surface area contributed by atoms with Gasteiger partial charge >= 0.3 is 5.97 Å². The number of aliphatic carboxylic acids is 1. The summed E-state index contributed by atoms with van der Waals surface area (Å²) in [7, 11) is 1.59. The van der Waals surface area contributed by atoms with E-state index in [-0.39, 0.29) is 0 Å². The molecule has 0 atom stereocenters. The molecule has 1 fully saturated rings. The lowest BCUT2D eigenvalue weighted by molar-refractivity contribution is -0.138. The molecule has 0 bridgehead atoms. The van der Waals surface area contributed by atoms with Gasteiger partial charge in [0.1, 0.15) is 0 Å². The molecular weight excluding hydrogens is 390 g/mol. The Morgan fingerprint density at radius 3 is 2.19 bits per heavy atom. The number of rotatable bonds is 7. The van der Waals surface area contributed by atoms with E-state index in [0.717, 1.165) is 48.3 Å². The molecule has 0 aliphatic heterocycles. The molecule has 0 amide bonds. The normalized spacial score (nSPS) is 18.4. The maximum absolute atomic E-state index is 10.9. The van der Waals surface area contributed by atoms with Crippen LogP contribution < -0.4 is 10.1 Å². The van der Waals surface area contributed by atoms with Crippen LogP contribution in [0.5, 0.6) is 5.88 Å². The van der Waals surface area contributed by atoms with Crippen LogP contribution >= 0.6 is 0 Å². The Labute approximate surface area is 182 Å². The summed E-state index contributed by atoms with van der Waals surface area (Å²) in [5.41, 5.74) is 5.11. The second-order valence-corrected chi connectivity index (χ2v) is 8.08. The Morgan fingerprint density at radius 2 is 1.65 bits per heavy atom. The molecule has 6 heteroatoms. The van der Waals surface area contributed by atoms with Crippen molar-refractivity contribution in [2.75, 3.05) is 12.4 Å². The van der Waals surface area contributed by atoms with Crippen molar-refractivity contribution in [3.8, 4) is 17.1 Å². The van der Waals surface area contributed by atoms with Crippen LogP contribution in [0.3, 0.4) is 0 Å². The van der Waals surface area contributed by atoms with Gasteiger partial charge in [-0.25, -0.2) is 4.98 Å². The van der Waals surface area contributed by atoms with Crippen molar-refractivity contribution in [2.45, 2.75) is 38.0 Å². The number of ether oxygens (including phenoxy) is 1. The van der Waals surface area contributed by atoms with Crippen LogP contribution in [0.25, 0.3) is 11.3 Å². The van der Waals surface area contributed by atoms with Crippen LogP contribution in [-0.2, 0) is 4.79 Å². The number of methoxy groups -OCH3 is 1. The Hall–Kier alpha value is -3.41. The van der Waals surface area contributed by atoms with Crippen LogP contribution in [0, 0.1) is 5.92 Å². The van der Waals surface area contributed by atoms with Gasteiger partial charge in [0.15, 0.2) is 0 Å². The van der Waals surface area contributed by atoms with Gasteiger partial charge in [0.25, 0.3) is 0 Å². The molecule has 1 aliphatic rings. The largest absolute Gasteiger partial charge is 0.481 e. The molecule has 1 aromatic carbocycles. The van der Waals surface area contributed by atoms with E-state index in [1.54, 1.807) is 13.3 Å². The molecule has 0 unspecified atom stereocenters. The van der Waals surface area contributed by atoms with Gasteiger partial charge < -0.3 is 15.2 Å². The third-order valence-corrected chi connectivity index (χ3v) is 5.99. The molecule has 2 heterocycles. The highest BCUT2D eigenvalue weighted by atomic mass is 16.5. The van der Waals surface area contributed by atoms with Gasteiger partial charge in [-0.05, 0) is 61.3 Å². The van der Waals surface area contributed by atoms with Crippen molar-refractivity contribution >= 4 is 17.3 Å². The summed E-state index contributed by atoms with van der Waals surface area (Å²) < 4.78 is 5.08. The smallest absolute Gasteiger partial charge is 0.303 e. The van der Waals surface area contributed by atoms with Crippen molar-refractivity contribution in [1.82, 2.24) is 9.97 Å². The number of carboxylic acids is 1. The van der Waals surface area contributed by atoms with E-state index in [1.165, 1.54) is 5.56 Å². The fraction of sp³-hybridized carbons (Fsp3) is 0.320. The van der Waals surface area contributed by atoms with Crippen LogP contribution in [0.1, 0.15) is 43.6 Å². The average Bonchev–Trinajstić information content (AvgIpc) is 2.80. The number of carboxylic acid groups (broad SMARTS) is 1. The number of aromatic nitrogens is 2. The molecule has 2 aromatic heterocycles. The van der Waals surface area contributed by atoms with E-state index in [4.69, 9.17) is 9.84 Å². The standard InChI is InChI=1S/C25H27N3O3/c1-31-24-13-11-22(16-27-24)28-21-10-12-23(26-15-21)20-8-6-19(7-9-20)18-4-2-17(3-5-18)14-25(29)30/h6-13,15-18,28H,2-5,14H2,1H3,(H,29,30). The molecule has 1 aliphatic carbocycles. The van der Waals surface area contributed by atoms with Crippen molar-refractivity contribution in [1.29, 1.82) is 0 Å². The number of carbonyl (C=O) groups is 1. The zero-order valence-corrected chi connectivity index (χ0v) is 17.6. The second-order valence-electron chi connectivity index (χ2n) is 8.08. The molecule has 2 N–H and O–H groups in total. The molecule has 1 saturated carbocycles. The van der Waals surface area contributed by atoms with Gasteiger partial charge in [0, 0.05) is 18.1 Å². The second kappa shape index (κ2) is 9.60. The molecule has 6 nitrogen and oxygen atoms in total. The number of benzene rings is 1. The number of hydrogen-bond acceptors (Lipinski definition) is 5. The van der Waals surface area contributed by atoms with Crippen molar-refractivity contribution < 1.29 is 14.6 Å². The summed E-state index contributed by atoms with van der Waals surface area (Å²) in [6.45, 7) is 0. The van der Waals surface area contributed by atoms with E-state index >= 15 is 0 Å². The van der Waals surface area contributed by atoms with Crippen LogP contribution in [0.2, 0.25) is 0 Å². The number of hydrogen-bond donors (Lipinski definition) is 2. The summed E-state index contributed by atoms with van der Waals surface area (Å²) in [5, 5.41) is 12.3. The fourth-order valence-electron chi connectivity index (χ4n) is 4.25. The quantitative estimate of drug-likeness (QED) is 0.517. The first-order valence-electron chi connectivity index (χ1n) is 10.7. The number of anilines is 2. The maximum atomic E-state index is 10.9. The Morgan fingerprint density at radius 1 is 0.968 bits per heavy atom. The SMILES string of the molecule is COc1ccc(Nc2ccc(-c3ccc(C4CCC(CC(=O)O)CC4)cc3)nc2)cn1. The van der Waals surface area contributed by atoms with Crippen LogP contribution in [0.15, 0.2) is 60.9 Å². The van der Waals surface area contributed by atoms with E-state index in [2.05, 4.69) is 39.6 Å². The monoisotopic (exact) mass is 417 g/mol. The lowest BCUT2D eigenvalue weighted by Crippen LogP contribution is -2.16. The average molecular weight is 418 g/mol. The van der Waals surface area contributed by atoms with E-state index in [1.807, 2.05) is 30.5 Å². The highest BCUT2D eigenvalue weighted by Crippen LogP contribution is 2.37. The maximum Gasteiger partial charge on any atom is 0.303 e. The van der Waals surface area contributed by atoms with E-state index < -0.39 is 5.97 Å². The Bertz CT molecular complexity index is 994. The molecule has 4 rings (SSSR count). The van der Waals surface area contributed by atoms with Crippen molar-refractivity contribution in [3.63, 3.8) is 0 Å². The zero-order valence-electron chi connectivity index (χ0n) is 17.6. The van der Waals surface area contributed by atoms with E-state index in [9.17, 15) is 4.79 Å². The lowest BCUT2D eigenvalue weighted by Gasteiger charge is -2.28. The minimum atomic E-state index is -0.679. The third kappa shape index (κ3) is 5.40. The summed E-state index contributed by atoms with van der Waals surface area (Å²) in [5.74, 6) is 0.757. The van der Waals surface area contributed by atoms with Crippen molar-refractivity contribution in [2.24, 2.45) is 5.92 Å². The Kier molecular flexibility index (Phi) is 6.46. The third-order valence-electron chi connectivity index (χ3n) is 5.99. The molecule has 0 radical (unpaired) electrons. The van der Waals surface area contributed by atoms with Crippen LogP contribution in [-0.4, -0.2) is 28.2 Å². The molecule has 3 aromatic rings. The summed E-state index contributed by atoms with van der Waals surface area (Å²) in [4.78, 5) is 19.7. The molecular formula is C25H27N3O3. The molecule has 160 valence electrons. The van der Waals surface area contributed by atoms with Crippen LogP contribution in [0.4, 0.5) is 11.4 Å². The zero-order chi connectivity index (χ0) is 21.6. The number of nitrogens with zero attached hydrogens (tertiary/aromatic N) is 2. The summed E-state index contributed by atoms with van der Waals surface area (Å²) in [6, 6.07) is 16.4. The first-order chi connectivity index (χ1) is 15.1. The highest BCUT2D eigenvalue weighted by molar-refractivity contribution is 5.67. The topological polar surface area (TPSA) is 84.3 Å². The Balaban J connectivity index is 1.36. The highest BCUT2D eigenvalue weighted by Gasteiger charge is 2.23. The number of nitrogens with one attached hydrogen (secondary N) is 1. The summed E-state index contributed by atoms with van der Waals surface area (Å²) in [6.07, 6.45) is 7.97. The van der Waals surface area contributed by atoms with Gasteiger partial charge in [-0.2, -0.15) is 0 Å². The van der Waals surface area contributed by atoms with Gasteiger partial charge in [0.2, 0.25) is 5.88 Å². The fourth-order valence-corrected chi connectivity index (χ4v) is 4.25.